The van der Waals surface area contributed by atoms with Crippen molar-refractivity contribution in [2.75, 3.05) is 26.2 Å². The Hall–Kier alpha value is -1.32. The van der Waals surface area contributed by atoms with Gasteiger partial charge < -0.3 is 15.4 Å². The molecule has 0 radical (unpaired) electrons. The molecule has 24 heavy (non-hydrogen) atoms. The fourth-order valence-corrected chi connectivity index (χ4v) is 3.07. The van der Waals surface area contributed by atoms with Gasteiger partial charge in [-0.3, -0.25) is 4.79 Å². The number of halogens is 3. The van der Waals surface area contributed by atoms with E-state index in [1.807, 2.05) is 0 Å². The molecule has 5 nitrogen and oxygen atoms in total. The number of rotatable bonds is 6. The Morgan fingerprint density at radius 1 is 1.42 bits per heavy atom. The average molecular weight is 363 g/mol. The van der Waals surface area contributed by atoms with Crippen LogP contribution in [0.25, 0.3) is 0 Å². The van der Waals surface area contributed by atoms with Crippen molar-refractivity contribution in [3.8, 4) is 0 Å². The van der Waals surface area contributed by atoms with E-state index < -0.39 is 11.4 Å². The summed E-state index contributed by atoms with van der Waals surface area (Å²) in [7, 11) is 0. The Bertz CT molecular complexity index is 549. The molecule has 0 aromatic carbocycles. The van der Waals surface area contributed by atoms with Crippen LogP contribution in [-0.2, 0) is 4.74 Å². The molecular formula is C15H20F3N3O2S. The minimum Gasteiger partial charge on any atom is -0.378 e. The zero-order valence-corrected chi connectivity index (χ0v) is 13.9. The van der Waals surface area contributed by atoms with Crippen LogP contribution in [0.4, 0.5) is 13.2 Å². The number of amides is 1. The minimum atomic E-state index is -4.48. The number of piperidine rings is 1. The Morgan fingerprint density at radius 2 is 2.12 bits per heavy atom. The molecule has 2 heterocycles. The summed E-state index contributed by atoms with van der Waals surface area (Å²) in [6.45, 7) is 2.07. The van der Waals surface area contributed by atoms with E-state index in [-0.39, 0.29) is 28.5 Å². The van der Waals surface area contributed by atoms with E-state index in [0.717, 1.165) is 6.42 Å². The highest BCUT2D eigenvalue weighted by atomic mass is 32.2. The molecule has 2 rings (SSSR count). The molecule has 0 spiro atoms. The third kappa shape index (κ3) is 5.64. The van der Waals surface area contributed by atoms with Crippen molar-refractivity contribution in [1.82, 2.24) is 9.88 Å². The summed E-state index contributed by atoms with van der Waals surface area (Å²) < 4.78 is 43.5. The largest absolute Gasteiger partial charge is 0.447 e. The van der Waals surface area contributed by atoms with Gasteiger partial charge in [-0.15, -0.1) is 0 Å². The third-order valence-electron chi connectivity index (χ3n) is 3.65. The number of hydrogen-bond donors (Lipinski definition) is 1. The van der Waals surface area contributed by atoms with Crippen molar-refractivity contribution in [3.05, 3.63) is 23.9 Å². The molecule has 0 unspecified atom stereocenters. The molecule has 1 aliphatic rings. The summed E-state index contributed by atoms with van der Waals surface area (Å²) in [5, 5.41) is -0.309. The molecule has 134 valence electrons. The molecule has 1 saturated heterocycles. The van der Waals surface area contributed by atoms with Crippen LogP contribution < -0.4 is 5.73 Å². The van der Waals surface area contributed by atoms with Crippen molar-refractivity contribution in [3.63, 3.8) is 0 Å². The van der Waals surface area contributed by atoms with Gasteiger partial charge in [-0.25, -0.2) is 4.98 Å². The number of alkyl halides is 3. The van der Waals surface area contributed by atoms with Gasteiger partial charge in [-0.2, -0.15) is 13.2 Å². The fourth-order valence-electron chi connectivity index (χ4n) is 2.47. The Labute approximate surface area is 142 Å². The number of carbonyl (C=O) groups is 1. The van der Waals surface area contributed by atoms with Crippen molar-refractivity contribution in [2.24, 2.45) is 5.73 Å². The van der Waals surface area contributed by atoms with Crippen LogP contribution in [-0.4, -0.2) is 53.6 Å². The Kier molecular flexibility index (Phi) is 6.88. The molecule has 9 heteroatoms. The molecule has 0 aliphatic carbocycles. The van der Waals surface area contributed by atoms with Crippen LogP contribution in [0.15, 0.2) is 23.4 Å². The number of likely N-dealkylation sites (tertiary alicyclic amines) is 1. The molecule has 0 saturated carbocycles. The summed E-state index contributed by atoms with van der Waals surface area (Å²) in [5.41, 5.74) is 0.917. The van der Waals surface area contributed by atoms with Gasteiger partial charge in [0, 0.05) is 37.7 Å². The SMILES string of the molecule is NCCCOC1CCN(C(=O)c2cccnc2SC(F)(F)F)CC1. The monoisotopic (exact) mass is 363 g/mol. The van der Waals surface area contributed by atoms with E-state index in [4.69, 9.17) is 10.5 Å². The highest BCUT2D eigenvalue weighted by molar-refractivity contribution is 8.00. The maximum absolute atomic E-state index is 12.6. The van der Waals surface area contributed by atoms with Gasteiger partial charge in [-0.05, 0) is 37.9 Å². The predicted molar refractivity (Wildman–Crippen MR) is 84.7 cm³/mol. The highest BCUT2D eigenvalue weighted by Crippen LogP contribution is 2.37. The van der Waals surface area contributed by atoms with Crippen LogP contribution in [0, 0.1) is 0 Å². The molecule has 0 bridgehead atoms. The highest BCUT2D eigenvalue weighted by Gasteiger charge is 2.33. The second-order valence-electron chi connectivity index (χ2n) is 5.41. The molecule has 1 aliphatic heterocycles. The standard InChI is InChI=1S/C15H20F3N3O2S/c16-15(17,18)24-13-12(3-1-7-20-13)14(22)21-8-4-11(5-9-21)23-10-2-6-19/h1,3,7,11H,2,4-6,8-10,19H2. The van der Waals surface area contributed by atoms with E-state index >= 15 is 0 Å². The van der Waals surface area contributed by atoms with Crippen LogP contribution in [0.5, 0.6) is 0 Å². The number of carbonyl (C=O) groups excluding carboxylic acids is 1. The summed E-state index contributed by atoms with van der Waals surface area (Å²) in [5.74, 6) is -0.421. The summed E-state index contributed by atoms with van der Waals surface area (Å²) in [4.78, 5) is 17.8. The Morgan fingerprint density at radius 3 is 2.75 bits per heavy atom. The van der Waals surface area contributed by atoms with Crippen LogP contribution in [0.3, 0.4) is 0 Å². The molecule has 1 aromatic rings. The molecule has 1 aromatic heterocycles. The van der Waals surface area contributed by atoms with Crippen LogP contribution in [0.2, 0.25) is 0 Å². The smallest absolute Gasteiger partial charge is 0.378 e. The van der Waals surface area contributed by atoms with Gasteiger partial charge in [0.25, 0.3) is 5.91 Å². The number of nitrogens with zero attached hydrogens (tertiary/aromatic N) is 2. The second-order valence-corrected chi connectivity index (χ2v) is 6.46. The van der Waals surface area contributed by atoms with Crippen molar-refractivity contribution in [1.29, 1.82) is 0 Å². The summed E-state index contributed by atoms with van der Waals surface area (Å²) >= 11 is -0.361. The lowest BCUT2D eigenvalue weighted by atomic mass is 10.1. The molecule has 1 fully saturated rings. The van der Waals surface area contributed by atoms with Gasteiger partial charge in [0.1, 0.15) is 5.03 Å². The fraction of sp³-hybridized carbons (Fsp3) is 0.600. The minimum absolute atomic E-state index is 0.0117. The second kappa shape index (κ2) is 8.68. The van der Waals surface area contributed by atoms with Gasteiger partial charge in [-0.1, -0.05) is 0 Å². The van der Waals surface area contributed by atoms with Gasteiger partial charge in [0.05, 0.1) is 11.7 Å². The average Bonchev–Trinajstić information content (AvgIpc) is 2.54. The number of aromatic nitrogens is 1. The van der Waals surface area contributed by atoms with Gasteiger partial charge in [0.2, 0.25) is 0 Å². The first-order valence-electron chi connectivity index (χ1n) is 7.72. The maximum atomic E-state index is 12.6. The zero-order chi connectivity index (χ0) is 17.6. The number of nitrogens with two attached hydrogens (primary N) is 1. The van der Waals surface area contributed by atoms with Crippen LogP contribution >= 0.6 is 11.8 Å². The van der Waals surface area contributed by atoms with Gasteiger partial charge >= 0.3 is 5.51 Å². The lowest BCUT2D eigenvalue weighted by molar-refractivity contribution is -0.0329. The topological polar surface area (TPSA) is 68.5 Å². The van der Waals surface area contributed by atoms with E-state index in [1.165, 1.54) is 18.3 Å². The number of thioether (sulfide) groups is 1. The molecule has 1 amide bonds. The van der Waals surface area contributed by atoms with Crippen LogP contribution in [0.1, 0.15) is 29.6 Å². The van der Waals surface area contributed by atoms with E-state index in [2.05, 4.69) is 4.98 Å². The normalized spacial score (nSPS) is 16.4. The number of ether oxygens (including phenoxy) is 1. The third-order valence-corrected chi connectivity index (χ3v) is 4.40. The number of hydrogen-bond acceptors (Lipinski definition) is 5. The summed E-state index contributed by atoms with van der Waals surface area (Å²) in [6.07, 6.45) is 3.44. The summed E-state index contributed by atoms with van der Waals surface area (Å²) in [6, 6.07) is 2.85. The molecule has 2 N–H and O–H groups in total. The van der Waals surface area contributed by atoms with Crippen molar-refractivity contribution >= 4 is 17.7 Å². The number of pyridine rings is 1. The Balaban J connectivity index is 1.96. The van der Waals surface area contributed by atoms with E-state index in [9.17, 15) is 18.0 Å². The first kappa shape index (κ1) is 19.0. The zero-order valence-electron chi connectivity index (χ0n) is 13.1. The first-order valence-corrected chi connectivity index (χ1v) is 8.54. The van der Waals surface area contributed by atoms with E-state index in [0.29, 0.717) is 39.1 Å². The van der Waals surface area contributed by atoms with Gasteiger partial charge in [0.15, 0.2) is 0 Å². The van der Waals surface area contributed by atoms with Crippen molar-refractivity contribution < 1.29 is 22.7 Å². The molecular weight excluding hydrogens is 343 g/mol. The lowest BCUT2D eigenvalue weighted by Gasteiger charge is -2.32. The van der Waals surface area contributed by atoms with Crippen molar-refractivity contribution in [2.45, 2.75) is 35.9 Å². The maximum Gasteiger partial charge on any atom is 0.447 e. The van der Waals surface area contributed by atoms with E-state index in [1.54, 1.807) is 4.90 Å². The molecule has 0 atom stereocenters. The quantitative estimate of drug-likeness (QED) is 0.622. The first-order chi connectivity index (χ1) is 11.4. The predicted octanol–water partition coefficient (Wildman–Crippen LogP) is 2.66. The lowest BCUT2D eigenvalue weighted by Crippen LogP contribution is -2.41.